The van der Waals surface area contributed by atoms with Crippen LogP contribution in [0.25, 0.3) is 0 Å². The molecule has 2 saturated carbocycles. The Hall–Kier alpha value is -0.520. The first-order chi connectivity index (χ1) is 8.78. The summed E-state index contributed by atoms with van der Waals surface area (Å²) < 4.78 is 0. The fourth-order valence-corrected chi connectivity index (χ4v) is 5.28. The van der Waals surface area contributed by atoms with Crippen molar-refractivity contribution in [1.29, 1.82) is 0 Å². The van der Waals surface area contributed by atoms with Gasteiger partial charge in [0.15, 0.2) is 0 Å². The third-order valence-electron chi connectivity index (χ3n) is 6.41. The maximum Gasteiger partial charge on any atom is -0.0112 e. The third kappa shape index (κ3) is 1.80. The van der Waals surface area contributed by atoms with E-state index in [1.807, 2.05) is 0 Å². The van der Waals surface area contributed by atoms with Crippen LogP contribution in [0.15, 0.2) is 24.3 Å². The van der Waals surface area contributed by atoms with E-state index in [4.69, 9.17) is 0 Å². The van der Waals surface area contributed by atoms with Gasteiger partial charge in [-0.25, -0.2) is 0 Å². The van der Waals surface area contributed by atoms with Crippen molar-refractivity contribution >= 4 is 0 Å². The molecule has 4 bridgehead atoms. The standard InChI is InChI=1S/C18H26/c1(7-17-9-3-15(13-17)4-10-17)2-8-18-11-5-16(14-18)6-12-18/h3,5,9,11,15-16H,1-2,4,6-8,10,12-14H2. The highest BCUT2D eigenvalue weighted by Crippen LogP contribution is 2.54. The van der Waals surface area contributed by atoms with Gasteiger partial charge in [0.2, 0.25) is 0 Å². The van der Waals surface area contributed by atoms with E-state index >= 15 is 0 Å². The highest BCUT2D eigenvalue weighted by atomic mass is 14.5. The maximum atomic E-state index is 2.57. The van der Waals surface area contributed by atoms with Crippen LogP contribution in [0.4, 0.5) is 0 Å². The van der Waals surface area contributed by atoms with Crippen molar-refractivity contribution in [3.05, 3.63) is 24.3 Å². The molecule has 0 N–H and O–H groups in total. The zero-order valence-corrected chi connectivity index (χ0v) is 11.5. The first-order valence-electron chi connectivity index (χ1n) is 8.16. The highest BCUT2D eigenvalue weighted by molar-refractivity contribution is 5.16. The Kier molecular flexibility index (Phi) is 2.51. The lowest BCUT2D eigenvalue weighted by Crippen LogP contribution is -2.13. The Labute approximate surface area is 112 Å². The largest absolute Gasteiger partial charge is 0.0848 e. The van der Waals surface area contributed by atoms with E-state index in [-0.39, 0.29) is 0 Å². The second-order valence-corrected chi connectivity index (χ2v) is 7.66. The molecule has 0 radical (unpaired) electrons. The van der Waals surface area contributed by atoms with Crippen LogP contribution in [0.2, 0.25) is 0 Å². The predicted octanol–water partition coefficient (Wildman–Crippen LogP) is 5.26. The van der Waals surface area contributed by atoms with Crippen molar-refractivity contribution in [2.24, 2.45) is 22.7 Å². The van der Waals surface area contributed by atoms with Gasteiger partial charge in [0.25, 0.3) is 0 Å². The lowest BCUT2D eigenvalue weighted by atomic mass is 9.79. The molecule has 4 aliphatic carbocycles. The summed E-state index contributed by atoms with van der Waals surface area (Å²) in [7, 11) is 0. The van der Waals surface area contributed by atoms with E-state index in [1.165, 1.54) is 64.2 Å². The number of hydrogen-bond donors (Lipinski definition) is 0. The fourth-order valence-electron chi connectivity index (χ4n) is 5.28. The summed E-state index contributed by atoms with van der Waals surface area (Å²) in [5.41, 5.74) is 1.32. The molecule has 0 saturated heterocycles. The van der Waals surface area contributed by atoms with E-state index in [1.54, 1.807) is 0 Å². The monoisotopic (exact) mass is 242 g/mol. The number of unbranched alkanes of at least 4 members (excludes halogenated alkanes) is 1. The van der Waals surface area contributed by atoms with Crippen molar-refractivity contribution in [2.75, 3.05) is 0 Å². The molecule has 4 unspecified atom stereocenters. The molecule has 0 aromatic heterocycles. The van der Waals surface area contributed by atoms with Crippen LogP contribution < -0.4 is 0 Å². The predicted molar refractivity (Wildman–Crippen MR) is 76.3 cm³/mol. The zero-order valence-electron chi connectivity index (χ0n) is 11.5. The molecule has 2 fully saturated rings. The van der Waals surface area contributed by atoms with Crippen molar-refractivity contribution in [2.45, 2.75) is 64.2 Å². The van der Waals surface area contributed by atoms with Gasteiger partial charge in [-0.1, -0.05) is 37.1 Å². The van der Waals surface area contributed by atoms with E-state index < -0.39 is 0 Å². The van der Waals surface area contributed by atoms with Crippen LogP contribution in [0.1, 0.15) is 64.2 Å². The van der Waals surface area contributed by atoms with Gasteiger partial charge in [-0.3, -0.25) is 0 Å². The summed E-state index contributed by atoms with van der Waals surface area (Å²) in [6, 6.07) is 0. The molecular weight excluding hydrogens is 216 g/mol. The summed E-state index contributed by atoms with van der Waals surface area (Å²) in [5, 5.41) is 0. The quantitative estimate of drug-likeness (QED) is 0.455. The average molecular weight is 242 g/mol. The smallest absolute Gasteiger partial charge is 0.0112 e. The molecule has 4 rings (SSSR count). The van der Waals surface area contributed by atoms with Gasteiger partial charge in [-0.15, -0.1) is 0 Å². The summed E-state index contributed by atoms with van der Waals surface area (Å²) in [5.74, 6) is 1.91. The van der Waals surface area contributed by atoms with Gasteiger partial charge in [-0.05, 0) is 74.0 Å². The van der Waals surface area contributed by atoms with Crippen LogP contribution in [0.5, 0.6) is 0 Å². The Morgan fingerprint density at radius 3 is 1.56 bits per heavy atom. The second kappa shape index (κ2) is 3.99. The molecule has 0 aromatic carbocycles. The average Bonchev–Trinajstić information content (AvgIpc) is 3.15. The summed E-state index contributed by atoms with van der Waals surface area (Å²) in [6.07, 6.45) is 24.9. The molecular formula is C18H26. The minimum atomic E-state index is 0.659. The minimum absolute atomic E-state index is 0.659. The Balaban J connectivity index is 1.26. The molecule has 4 atom stereocenters. The van der Waals surface area contributed by atoms with Crippen molar-refractivity contribution < 1.29 is 0 Å². The topological polar surface area (TPSA) is 0 Å². The molecule has 0 aliphatic heterocycles. The van der Waals surface area contributed by atoms with Gasteiger partial charge in [0, 0.05) is 0 Å². The number of hydrogen-bond acceptors (Lipinski definition) is 0. The summed E-state index contributed by atoms with van der Waals surface area (Å²) in [6.45, 7) is 0. The lowest BCUT2D eigenvalue weighted by Gasteiger charge is -2.26. The van der Waals surface area contributed by atoms with E-state index in [0.29, 0.717) is 10.8 Å². The van der Waals surface area contributed by atoms with Gasteiger partial charge in [0.1, 0.15) is 0 Å². The van der Waals surface area contributed by atoms with Crippen molar-refractivity contribution in [1.82, 2.24) is 0 Å². The van der Waals surface area contributed by atoms with Crippen molar-refractivity contribution in [3.8, 4) is 0 Å². The molecule has 18 heavy (non-hydrogen) atoms. The first kappa shape index (κ1) is 11.3. The Bertz CT molecular complexity index is 353. The SMILES string of the molecule is C1=CC2(CCCCC34C=CC(CC3)C4)CCC1C2. The molecule has 0 aromatic rings. The van der Waals surface area contributed by atoms with Gasteiger partial charge in [-0.2, -0.15) is 0 Å². The third-order valence-corrected chi connectivity index (χ3v) is 6.41. The number of rotatable bonds is 5. The Morgan fingerprint density at radius 2 is 1.28 bits per heavy atom. The van der Waals surface area contributed by atoms with Crippen LogP contribution in [-0.2, 0) is 0 Å². The van der Waals surface area contributed by atoms with Crippen LogP contribution in [0.3, 0.4) is 0 Å². The summed E-state index contributed by atoms with van der Waals surface area (Å²) in [4.78, 5) is 0. The molecule has 0 heterocycles. The van der Waals surface area contributed by atoms with Gasteiger partial charge in [0.05, 0.1) is 0 Å². The maximum absolute atomic E-state index is 2.57. The zero-order chi connectivity index (χ0) is 12.1. The Morgan fingerprint density at radius 1 is 0.778 bits per heavy atom. The fraction of sp³-hybridized carbons (Fsp3) is 0.778. The van der Waals surface area contributed by atoms with Crippen molar-refractivity contribution in [3.63, 3.8) is 0 Å². The molecule has 98 valence electrons. The number of allylic oxidation sites excluding steroid dienone is 4. The van der Waals surface area contributed by atoms with Gasteiger partial charge < -0.3 is 0 Å². The van der Waals surface area contributed by atoms with Crippen LogP contribution in [0, 0.1) is 22.7 Å². The van der Waals surface area contributed by atoms with Crippen LogP contribution in [-0.4, -0.2) is 0 Å². The van der Waals surface area contributed by atoms with E-state index in [0.717, 1.165) is 11.8 Å². The normalized spacial score (nSPS) is 47.6. The number of fused-ring (bicyclic) bond motifs is 4. The first-order valence-corrected chi connectivity index (χ1v) is 8.16. The van der Waals surface area contributed by atoms with Gasteiger partial charge >= 0.3 is 0 Å². The molecule has 0 heteroatoms. The molecule has 4 aliphatic rings. The van der Waals surface area contributed by atoms with E-state index in [2.05, 4.69) is 24.3 Å². The molecule has 0 spiro atoms. The van der Waals surface area contributed by atoms with Crippen LogP contribution >= 0.6 is 0 Å². The summed E-state index contributed by atoms with van der Waals surface area (Å²) >= 11 is 0. The minimum Gasteiger partial charge on any atom is -0.0848 e. The molecule has 0 amide bonds. The highest BCUT2D eigenvalue weighted by Gasteiger charge is 2.41. The molecule has 0 nitrogen and oxygen atoms in total. The van der Waals surface area contributed by atoms with E-state index in [9.17, 15) is 0 Å². The lowest BCUT2D eigenvalue weighted by molar-refractivity contribution is 0.313. The second-order valence-electron chi connectivity index (χ2n) is 7.66.